The summed E-state index contributed by atoms with van der Waals surface area (Å²) in [6, 6.07) is 9.62. The van der Waals surface area contributed by atoms with Crippen molar-refractivity contribution in [2.45, 2.75) is 131 Å². The van der Waals surface area contributed by atoms with Crippen molar-refractivity contribution in [1.82, 2.24) is 10.2 Å². The Labute approximate surface area is 354 Å². The van der Waals surface area contributed by atoms with Gasteiger partial charge in [-0.25, -0.2) is 12.8 Å². The Bertz CT molecular complexity index is 2000. The highest BCUT2D eigenvalue weighted by Gasteiger charge is 2.70. The van der Waals surface area contributed by atoms with Crippen LogP contribution in [0.2, 0.25) is 0 Å². The zero-order chi connectivity index (χ0) is 42.2. The van der Waals surface area contributed by atoms with Crippen molar-refractivity contribution in [1.29, 1.82) is 0 Å². The van der Waals surface area contributed by atoms with Gasteiger partial charge in [0.05, 0.1) is 23.5 Å². The molecule has 59 heavy (non-hydrogen) atoms. The molecule has 5 fully saturated rings. The van der Waals surface area contributed by atoms with Crippen LogP contribution in [0.3, 0.4) is 0 Å². The molecular formula is C50H71FN2O5S. The molecule has 7 aliphatic rings. The highest BCUT2D eigenvalue weighted by Crippen LogP contribution is 2.76. The number of ether oxygens (including phenoxy) is 1. The average Bonchev–Trinajstić information content (AvgIpc) is 3.60. The number of halogens is 1. The van der Waals surface area contributed by atoms with Gasteiger partial charge in [0.15, 0.2) is 9.84 Å². The van der Waals surface area contributed by atoms with Crippen molar-refractivity contribution in [3.63, 3.8) is 0 Å². The molecule has 6 aliphatic carbocycles. The first-order valence-electron chi connectivity index (χ1n) is 22.9. The van der Waals surface area contributed by atoms with E-state index in [4.69, 9.17) is 4.74 Å². The average molecular weight is 831 g/mol. The zero-order valence-corrected chi connectivity index (χ0v) is 37.7. The van der Waals surface area contributed by atoms with Crippen LogP contribution in [-0.2, 0) is 30.8 Å². The second kappa shape index (κ2) is 15.2. The number of amides is 1. The van der Waals surface area contributed by atoms with Gasteiger partial charge in [0.2, 0.25) is 5.91 Å². The molecule has 4 saturated carbocycles. The van der Waals surface area contributed by atoms with Gasteiger partial charge < -0.3 is 15.0 Å². The normalized spacial score (nSPS) is 40.9. The van der Waals surface area contributed by atoms with Gasteiger partial charge in [-0.1, -0.05) is 89.3 Å². The number of hydrogen-bond acceptors (Lipinski definition) is 6. The predicted octanol–water partition coefficient (Wildman–Crippen LogP) is 9.59. The highest BCUT2D eigenvalue weighted by atomic mass is 32.2. The second-order valence-corrected chi connectivity index (χ2v) is 24.0. The quantitative estimate of drug-likeness (QED) is 0.197. The summed E-state index contributed by atoms with van der Waals surface area (Å²) in [6.07, 6.45) is 16.5. The summed E-state index contributed by atoms with van der Waals surface area (Å²) in [4.78, 5) is 28.7. The molecule has 0 unspecified atom stereocenters. The third-order valence-electron chi connectivity index (χ3n) is 18.8. The van der Waals surface area contributed by atoms with Crippen LogP contribution >= 0.6 is 0 Å². The fourth-order valence-corrected chi connectivity index (χ4v) is 16.5. The third-order valence-corrected chi connectivity index (χ3v) is 20.4. The van der Waals surface area contributed by atoms with Crippen molar-refractivity contribution in [2.24, 2.45) is 56.7 Å². The maximum absolute atomic E-state index is 14.8. The number of alkyl halides is 1. The Hall–Kier alpha value is -2.78. The minimum absolute atomic E-state index is 0.0291. The smallest absolute Gasteiger partial charge is 0.315 e. The number of carbonyl (C=O) groups is 2. The Morgan fingerprint density at radius 3 is 2.27 bits per heavy atom. The van der Waals surface area contributed by atoms with E-state index in [2.05, 4.69) is 65.6 Å². The summed E-state index contributed by atoms with van der Waals surface area (Å²) in [5.41, 5.74) is 4.12. The van der Waals surface area contributed by atoms with Crippen LogP contribution in [0.5, 0.6) is 0 Å². The van der Waals surface area contributed by atoms with Gasteiger partial charge in [0.1, 0.15) is 13.3 Å². The maximum Gasteiger partial charge on any atom is 0.315 e. The van der Waals surface area contributed by atoms with Crippen molar-refractivity contribution < 1.29 is 27.1 Å². The number of nitrogens with one attached hydrogen (secondary N) is 1. The summed E-state index contributed by atoms with van der Waals surface area (Å²) in [5, 5.41) is 3.92. The van der Waals surface area contributed by atoms with Crippen LogP contribution in [0.1, 0.15) is 124 Å². The minimum atomic E-state index is -3.05. The summed E-state index contributed by atoms with van der Waals surface area (Å²) < 4.78 is 44.6. The first-order valence-corrected chi connectivity index (χ1v) is 24.7. The van der Waals surface area contributed by atoms with Crippen LogP contribution < -0.4 is 5.32 Å². The van der Waals surface area contributed by atoms with Crippen molar-refractivity contribution >= 4 is 21.7 Å². The molecule has 10 atom stereocenters. The molecule has 1 saturated heterocycles. The fourth-order valence-electron chi connectivity index (χ4n) is 15.3. The Balaban J connectivity index is 1.00. The molecule has 324 valence electrons. The first kappa shape index (κ1) is 42.9. The molecule has 0 bridgehead atoms. The number of allylic oxidation sites excluding steroid dienone is 5. The van der Waals surface area contributed by atoms with Gasteiger partial charge >= 0.3 is 5.97 Å². The Morgan fingerprint density at radius 1 is 0.881 bits per heavy atom. The van der Waals surface area contributed by atoms with Gasteiger partial charge in [-0.2, -0.15) is 0 Å². The number of benzene rings is 1. The number of rotatable bonds is 9. The summed E-state index contributed by atoms with van der Waals surface area (Å²) in [5.74, 6) is 2.23. The Morgan fingerprint density at radius 2 is 1.61 bits per heavy atom. The van der Waals surface area contributed by atoms with Crippen LogP contribution in [0, 0.1) is 56.7 Å². The molecule has 9 heteroatoms. The van der Waals surface area contributed by atoms with E-state index in [0.29, 0.717) is 61.9 Å². The maximum atomic E-state index is 14.8. The van der Waals surface area contributed by atoms with E-state index in [9.17, 15) is 22.4 Å². The molecule has 8 rings (SSSR count). The monoisotopic (exact) mass is 831 g/mol. The van der Waals surface area contributed by atoms with Crippen LogP contribution in [0.15, 0.2) is 65.8 Å². The van der Waals surface area contributed by atoms with Gasteiger partial charge in [0.25, 0.3) is 0 Å². The topological polar surface area (TPSA) is 92.8 Å². The van der Waals surface area contributed by atoms with Crippen molar-refractivity contribution in [3.05, 3.63) is 71.3 Å². The lowest BCUT2D eigenvalue weighted by molar-refractivity contribution is -0.221. The highest BCUT2D eigenvalue weighted by molar-refractivity contribution is 7.91. The van der Waals surface area contributed by atoms with Crippen LogP contribution in [0.4, 0.5) is 4.39 Å². The largest absolute Gasteiger partial charge is 0.460 e. The Kier molecular flexibility index (Phi) is 11.1. The molecule has 1 aromatic rings. The van der Waals surface area contributed by atoms with E-state index in [1.807, 2.05) is 30.3 Å². The van der Waals surface area contributed by atoms with Gasteiger partial charge in [-0.05, 0) is 152 Å². The van der Waals surface area contributed by atoms with E-state index < -0.39 is 27.9 Å². The van der Waals surface area contributed by atoms with Gasteiger partial charge in [-0.15, -0.1) is 0 Å². The fraction of sp³-hybridized carbons (Fsp3) is 0.720. The van der Waals surface area contributed by atoms with E-state index in [1.54, 1.807) is 4.90 Å². The number of sulfone groups is 1. The molecule has 1 amide bonds. The lowest BCUT2D eigenvalue weighted by Crippen LogP contribution is -2.68. The summed E-state index contributed by atoms with van der Waals surface area (Å²) in [6.45, 7) is 19.9. The molecular weight excluding hydrogens is 760 g/mol. The predicted molar refractivity (Wildman–Crippen MR) is 233 cm³/mol. The number of fused-ring (bicyclic) bond motifs is 7. The van der Waals surface area contributed by atoms with Crippen molar-refractivity contribution in [2.75, 3.05) is 37.8 Å². The first-order chi connectivity index (χ1) is 27.8. The van der Waals surface area contributed by atoms with E-state index in [1.165, 1.54) is 42.4 Å². The SMILES string of the molecule is C=C(C)[C@@H]1CC[C@]2(NCC(=O)N3CCS(=O)(=O)CC3)CC[C@]3(C)[C@H](CC[C@@H]4[C@@]5(C)CC=C(C6=CC[C@](CF)(C(=O)OCc7ccccc7)CC6)C(C)(C)[C@@H]5CC[C@]43C)[C@@H]12. The molecule has 1 heterocycles. The lowest BCUT2D eigenvalue weighted by Gasteiger charge is -2.72. The molecule has 0 spiro atoms. The molecule has 0 aromatic heterocycles. The standard InChI is InChI=1S/C50H71FN2O5S/c1-34(2)37-17-24-50(52-31-42(54)53-27-29-59(56,57)30-28-53)26-25-47(6)39(43(37)50)13-14-41-46(5)20-18-38(45(3,4)40(46)19-21-48(41,47)7)36-15-22-49(33-51,23-16-36)44(55)58-32-35-11-9-8-10-12-35/h8-12,15,18,37,39-41,43,52H,1,13-14,16-17,19-33H2,2-7H3/t37-,39+,40-,41+,43+,46-,47+,48+,49-,50-/m0/s1. The number of carbonyl (C=O) groups excluding carboxylic acids is 2. The van der Waals surface area contributed by atoms with Crippen LogP contribution in [0.25, 0.3) is 0 Å². The van der Waals surface area contributed by atoms with E-state index >= 15 is 0 Å². The molecule has 1 N–H and O–H groups in total. The third kappa shape index (κ3) is 6.93. The minimum Gasteiger partial charge on any atom is -0.460 e. The molecule has 1 aromatic carbocycles. The van der Waals surface area contributed by atoms with Crippen LogP contribution in [-0.4, -0.2) is 68.5 Å². The zero-order valence-electron chi connectivity index (χ0n) is 36.8. The summed E-state index contributed by atoms with van der Waals surface area (Å²) >= 11 is 0. The lowest BCUT2D eigenvalue weighted by atomic mass is 9.33. The van der Waals surface area contributed by atoms with Gasteiger partial charge in [0, 0.05) is 18.6 Å². The number of esters is 1. The van der Waals surface area contributed by atoms with E-state index in [-0.39, 0.29) is 57.8 Å². The molecule has 0 radical (unpaired) electrons. The molecule has 1 aliphatic heterocycles. The summed E-state index contributed by atoms with van der Waals surface area (Å²) in [7, 11) is -3.05. The molecule has 7 nitrogen and oxygen atoms in total. The van der Waals surface area contributed by atoms with Crippen molar-refractivity contribution in [3.8, 4) is 0 Å². The second-order valence-electron chi connectivity index (χ2n) is 21.7. The number of nitrogens with zero attached hydrogens (tertiary/aromatic N) is 1. The number of hydrogen-bond donors (Lipinski definition) is 1. The van der Waals surface area contributed by atoms with E-state index in [0.717, 1.165) is 37.7 Å². The van der Waals surface area contributed by atoms with Gasteiger partial charge in [-0.3, -0.25) is 9.59 Å².